The van der Waals surface area contributed by atoms with Crippen LogP contribution in [0.25, 0.3) is 0 Å². The first-order valence-corrected chi connectivity index (χ1v) is 27.0. The van der Waals surface area contributed by atoms with Crippen LogP contribution in [0, 0.1) is 0 Å². The van der Waals surface area contributed by atoms with Crippen LogP contribution < -0.4 is 0 Å². The van der Waals surface area contributed by atoms with Gasteiger partial charge < -0.3 is 54.8 Å². The van der Waals surface area contributed by atoms with Crippen LogP contribution in [0.2, 0.25) is 0 Å². The highest BCUT2D eigenvalue weighted by Gasteiger charge is 2.54. The number of rotatable bonds is 38. The molecule has 0 heterocycles. The van der Waals surface area contributed by atoms with E-state index < -0.39 is 95.7 Å². The third-order valence-corrected chi connectivity index (χ3v) is 11.8. The Morgan fingerprint density at radius 2 is 1.01 bits per heavy atom. The van der Waals surface area contributed by atoms with Crippen LogP contribution in [0.4, 0.5) is 0 Å². The molecule has 0 spiro atoms. The molecule has 394 valence electrons. The number of aliphatic hydroxyl groups is 6. The molecule has 18 nitrogen and oxygen atoms in total. The fraction of sp³-hybridized carbons (Fsp3) is 0.633. The highest BCUT2D eigenvalue weighted by molar-refractivity contribution is 7.47. The fourth-order valence-electron chi connectivity index (χ4n) is 6.52. The molecule has 0 aliphatic heterocycles. The molecular weight excluding hydrogens is 938 g/mol. The van der Waals surface area contributed by atoms with E-state index in [0.29, 0.717) is 19.3 Å². The number of aliphatic hydroxyl groups excluding tert-OH is 6. The molecule has 10 atom stereocenters. The molecule has 0 aromatic rings. The summed E-state index contributed by atoms with van der Waals surface area (Å²) in [4.78, 5) is 54.3. The average molecular weight is 1020 g/mol. The summed E-state index contributed by atoms with van der Waals surface area (Å²) in [6, 6.07) is 0. The molecule has 1 aliphatic carbocycles. The number of hydrogen-bond acceptors (Lipinski definition) is 15. The van der Waals surface area contributed by atoms with E-state index in [1.807, 2.05) is 36.5 Å². The number of carbonyl (C=O) groups is 2. The summed E-state index contributed by atoms with van der Waals surface area (Å²) in [5, 5.41) is 62.1. The van der Waals surface area contributed by atoms with Gasteiger partial charge in [0, 0.05) is 12.8 Å². The van der Waals surface area contributed by atoms with Crippen LogP contribution in [-0.4, -0.2) is 125 Å². The number of esters is 2. The van der Waals surface area contributed by atoms with Gasteiger partial charge in [-0.2, -0.15) is 0 Å². The van der Waals surface area contributed by atoms with Gasteiger partial charge in [0.15, 0.2) is 6.10 Å². The van der Waals surface area contributed by atoms with E-state index in [2.05, 4.69) is 73.1 Å². The lowest BCUT2D eigenvalue weighted by atomic mass is 9.85. The van der Waals surface area contributed by atoms with Crippen LogP contribution in [0.3, 0.4) is 0 Å². The zero-order chi connectivity index (χ0) is 51.3. The minimum atomic E-state index is -5.41. The van der Waals surface area contributed by atoms with Crippen molar-refractivity contribution in [2.24, 2.45) is 0 Å². The van der Waals surface area contributed by atoms with Crippen molar-refractivity contribution < 1.29 is 87.1 Å². The van der Waals surface area contributed by atoms with Crippen LogP contribution in [0.15, 0.2) is 97.2 Å². The van der Waals surface area contributed by atoms with Crippen LogP contribution in [0.5, 0.6) is 0 Å². The fourth-order valence-corrected chi connectivity index (χ4v) is 8.05. The summed E-state index contributed by atoms with van der Waals surface area (Å²) < 4.78 is 49.1. The molecule has 1 rings (SSSR count). The second kappa shape index (κ2) is 38.5. The van der Waals surface area contributed by atoms with Gasteiger partial charge in [-0.1, -0.05) is 124 Å². The van der Waals surface area contributed by atoms with Gasteiger partial charge in [-0.15, -0.1) is 0 Å². The molecule has 1 aliphatic rings. The summed E-state index contributed by atoms with van der Waals surface area (Å²) in [7, 11) is -10.8. The van der Waals surface area contributed by atoms with Gasteiger partial charge in [-0.3, -0.25) is 23.2 Å². The van der Waals surface area contributed by atoms with Gasteiger partial charge in [0.25, 0.3) is 0 Å². The monoisotopic (exact) mass is 1020 g/mol. The molecule has 0 bridgehead atoms. The third kappa shape index (κ3) is 32.4. The van der Waals surface area contributed by atoms with E-state index in [-0.39, 0.29) is 32.1 Å². The molecule has 9 N–H and O–H groups in total. The van der Waals surface area contributed by atoms with E-state index in [9.17, 15) is 64.0 Å². The largest absolute Gasteiger partial charge is 0.472 e. The lowest BCUT2D eigenvalue weighted by molar-refractivity contribution is -0.216. The Bertz CT molecular complexity index is 1740. The number of hydrogen-bond donors (Lipinski definition) is 9. The van der Waals surface area contributed by atoms with Gasteiger partial charge in [0.2, 0.25) is 0 Å². The summed E-state index contributed by atoms with van der Waals surface area (Å²) in [5.41, 5.74) is 0. The van der Waals surface area contributed by atoms with Crippen molar-refractivity contribution in [3.05, 3.63) is 97.2 Å². The predicted octanol–water partition coefficient (Wildman–Crippen LogP) is 7.11. The predicted molar refractivity (Wildman–Crippen MR) is 262 cm³/mol. The Kier molecular flexibility index (Phi) is 35.6. The third-order valence-electron chi connectivity index (χ3n) is 10.3. The maximum Gasteiger partial charge on any atom is 0.472 e. The number of unbranched alkanes of at least 4 members (excludes halogenated alkanes) is 4. The SMILES string of the molecule is CC/C=C\C/C=C\C/C=C\C/C=C\C[C@@H](O)[C@H](O)CCCC(=O)O[C@H](COC(=O)CCC/C=C\C/C=C\C/C=C\C/C=C\CCCCC)COP(=O)(O)O[C@H]1C(O)C(O)C(O)[C@@H](OP(=O)(O)O)C1O. The second-order valence-electron chi connectivity index (χ2n) is 16.4. The van der Waals surface area contributed by atoms with Gasteiger partial charge >= 0.3 is 27.6 Å². The lowest BCUT2D eigenvalue weighted by Gasteiger charge is -2.43. The lowest BCUT2D eigenvalue weighted by Crippen LogP contribution is -2.64. The summed E-state index contributed by atoms with van der Waals surface area (Å²) >= 11 is 0. The van der Waals surface area contributed by atoms with Crippen molar-refractivity contribution in [3.8, 4) is 0 Å². The van der Waals surface area contributed by atoms with Crippen molar-refractivity contribution in [3.63, 3.8) is 0 Å². The molecule has 5 unspecified atom stereocenters. The first-order chi connectivity index (χ1) is 32.9. The average Bonchev–Trinajstić information content (AvgIpc) is 3.30. The van der Waals surface area contributed by atoms with Crippen molar-refractivity contribution >= 4 is 27.6 Å². The highest BCUT2D eigenvalue weighted by Crippen LogP contribution is 2.49. The summed E-state index contributed by atoms with van der Waals surface area (Å²) in [6.07, 6.45) is 26.6. The first kappa shape index (κ1) is 63.9. The zero-order valence-electron chi connectivity index (χ0n) is 40.2. The molecule has 0 radical (unpaired) electrons. The summed E-state index contributed by atoms with van der Waals surface area (Å²) in [6.45, 7) is 2.66. The Hall–Kier alpha value is -3.16. The highest BCUT2D eigenvalue weighted by atomic mass is 31.2. The number of phosphoric acid groups is 2. The normalized spacial score (nSPS) is 22.9. The minimum Gasteiger partial charge on any atom is -0.462 e. The number of phosphoric ester groups is 2. The molecule has 0 aromatic heterocycles. The molecule has 0 amide bonds. The van der Waals surface area contributed by atoms with Crippen LogP contribution in [-0.2, 0) is 41.8 Å². The van der Waals surface area contributed by atoms with Gasteiger partial charge in [-0.25, -0.2) is 9.13 Å². The van der Waals surface area contributed by atoms with Crippen molar-refractivity contribution in [2.45, 2.75) is 184 Å². The topological polar surface area (TPSA) is 296 Å². The van der Waals surface area contributed by atoms with E-state index in [0.717, 1.165) is 44.9 Å². The number of carbonyl (C=O) groups excluding carboxylic acids is 2. The molecule has 0 aromatic carbocycles. The minimum absolute atomic E-state index is 0.0123. The van der Waals surface area contributed by atoms with E-state index in [4.69, 9.17) is 18.5 Å². The van der Waals surface area contributed by atoms with E-state index in [1.165, 1.54) is 19.3 Å². The molecule has 1 saturated carbocycles. The second-order valence-corrected chi connectivity index (χ2v) is 19.0. The Balaban J connectivity index is 2.75. The Morgan fingerprint density at radius 3 is 1.54 bits per heavy atom. The molecule has 69 heavy (non-hydrogen) atoms. The first-order valence-electron chi connectivity index (χ1n) is 23.9. The van der Waals surface area contributed by atoms with Crippen molar-refractivity contribution in [1.29, 1.82) is 0 Å². The van der Waals surface area contributed by atoms with Gasteiger partial charge in [0.05, 0.1) is 18.8 Å². The smallest absolute Gasteiger partial charge is 0.462 e. The quantitative estimate of drug-likeness (QED) is 0.0129. The van der Waals surface area contributed by atoms with Gasteiger partial charge in [-0.05, 0) is 89.9 Å². The summed E-state index contributed by atoms with van der Waals surface area (Å²) in [5.74, 6) is -1.57. The van der Waals surface area contributed by atoms with Crippen molar-refractivity contribution in [1.82, 2.24) is 0 Å². The van der Waals surface area contributed by atoms with E-state index >= 15 is 0 Å². The molecular formula is C49H80O18P2. The Labute approximate surface area is 408 Å². The zero-order valence-corrected chi connectivity index (χ0v) is 42.0. The Morgan fingerprint density at radius 1 is 0.536 bits per heavy atom. The standard InChI is InChI=1S/C49H80O18P2/c1-3-5-7-9-11-13-15-17-18-19-20-21-23-25-27-29-31-35-42(52)63-37-39(38-64-69(61,62)67-49-46(56)44(54)45(55)48(47(49)57)66-68(58,59)60)65-43(53)36-32-34-41(51)40(50)33-30-28-26-24-22-16-14-12-10-8-6-4-2/h6,8,11-14,17-18,20-22,24-25,27-28,30,39-41,44-51,54-57H,3-5,7,9-10,15-16,19,23,26,29,31-38H2,1-2H3,(H,61,62)(H2,58,59,60)/b8-6-,13-11-,14-12-,18-17-,21-20-,24-22-,27-25-,30-28-/t39-,40-,41-,44?,45?,46?,47?,48-,49+/m1/s1. The van der Waals surface area contributed by atoms with Gasteiger partial charge in [0.1, 0.15) is 43.2 Å². The molecule has 1 fully saturated rings. The molecule has 20 heteroatoms. The number of allylic oxidation sites excluding steroid dienone is 15. The maximum atomic E-state index is 13.0. The van der Waals surface area contributed by atoms with Crippen LogP contribution >= 0.6 is 15.6 Å². The van der Waals surface area contributed by atoms with Crippen LogP contribution in [0.1, 0.15) is 129 Å². The maximum absolute atomic E-state index is 13.0. The number of ether oxygens (including phenoxy) is 2. The van der Waals surface area contributed by atoms with Crippen molar-refractivity contribution in [2.75, 3.05) is 13.2 Å². The molecule has 0 saturated heterocycles. The van der Waals surface area contributed by atoms with E-state index in [1.54, 1.807) is 6.08 Å².